The van der Waals surface area contributed by atoms with E-state index >= 15 is 0 Å². The van der Waals surface area contributed by atoms with E-state index in [4.69, 9.17) is 5.11 Å². The van der Waals surface area contributed by atoms with Crippen LogP contribution in [0.2, 0.25) is 0 Å². The molecule has 96 valence electrons. The van der Waals surface area contributed by atoms with E-state index in [1.165, 1.54) is 4.88 Å². The molecule has 2 aromatic heterocycles. The zero-order chi connectivity index (χ0) is 13.2. The third-order valence-corrected chi connectivity index (χ3v) is 3.62. The Labute approximate surface area is 112 Å². The van der Waals surface area contributed by atoms with Crippen molar-refractivity contribution in [2.45, 2.75) is 6.54 Å². The fraction of sp³-hybridized carbons (Fsp3) is 0.0769. The predicted octanol–water partition coefficient (Wildman–Crippen LogP) is 2.93. The van der Waals surface area contributed by atoms with Crippen LogP contribution in [0.25, 0.3) is 11.0 Å². The molecule has 19 heavy (non-hydrogen) atoms. The number of benzene rings is 1. The second-order valence-corrected chi connectivity index (χ2v) is 5.09. The highest BCUT2D eigenvalue weighted by atomic mass is 32.1. The van der Waals surface area contributed by atoms with Gasteiger partial charge in [-0.25, -0.2) is 9.78 Å². The molecule has 0 radical (unpaired) electrons. The molecule has 0 unspecified atom stereocenters. The number of aromatic amines is 1. The topological polar surface area (TPSA) is 78.0 Å². The quantitative estimate of drug-likeness (QED) is 0.683. The van der Waals surface area contributed by atoms with Gasteiger partial charge in [-0.3, -0.25) is 0 Å². The van der Waals surface area contributed by atoms with Gasteiger partial charge in [-0.05, 0) is 29.6 Å². The van der Waals surface area contributed by atoms with Crippen LogP contribution in [-0.4, -0.2) is 21.0 Å². The summed E-state index contributed by atoms with van der Waals surface area (Å²) in [5.41, 5.74) is 1.72. The molecule has 0 aliphatic rings. The molecule has 0 fully saturated rings. The van der Waals surface area contributed by atoms with Gasteiger partial charge in [0.2, 0.25) is 5.95 Å². The molecule has 0 aliphatic carbocycles. The average molecular weight is 273 g/mol. The van der Waals surface area contributed by atoms with E-state index in [9.17, 15) is 4.79 Å². The van der Waals surface area contributed by atoms with Crippen LogP contribution in [-0.2, 0) is 6.54 Å². The summed E-state index contributed by atoms with van der Waals surface area (Å²) < 4.78 is 0. The smallest absolute Gasteiger partial charge is 0.335 e. The lowest BCUT2D eigenvalue weighted by molar-refractivity contribution is 0.0697. The number of carboxylic acids is 1. The Kier molecular flexibility index (Phi) is 2.92. The van der Waals surface area contributed by atoms with Crippen LogP contribution in [0.1, 0.15) is 15.2 Å². The van der Waals surface area contributed by atoms with Crippen LogP contribution in [0, 0.1) is 0 Å². The van der Waals surface area contributed by atoms with Crippen molar-refractivity contribution in [1.29, 1.82) is 0 Å². The molecule has 0 bridgehead atoms. The number of carboxylic acid groups (broad SMARTS) is 1. The number of imidazole rings is 1. The lowest BCUT2D eigenvalue weighted by Gasteiger charge is -1.98. The van der Waals surface area contributed by atoms with Crippen molar-refractivity contribution < 1.29 is 9.90 Å². The largest absolute Gasteiger partial charge is 0.478 e. The Balaban J connectivity index is 1.83. The van der Waals surface area contributed by atoms with Crippen molar-refractivity contribution in [1.82, 2.24) is 9.97 Å². The molecule has 3 aromatic rings. The number of nitrogens with one attached hydrogen (secondary N) is 2. The third-order valence-electron chi connectivity index (χ3n) is 2.74. The van der Waals surface area contributed by atoms with E-state index < -0.39 is 5.97 Å². The number of fused-ring (bicyclic) bond motifs is 1. The Bertz CT molecular complexity index is 719. The minimum Gasteiger partial charge on any atom is -0.478 e. The molecule has 1 aromatic carbocycles. The van der Waals surface area contributed by atoms with Gasteiger partial charge in [0.15, 0.2) is 0 Å². The molecule has 0 amide bonds. The number of aromatic nitrogens is 2. The van der Waals surface area contributed by atoms with Gasteiger partial charge < -0.3 is 15.4 Å². The first kappa shape index (κ1) is 11.7. The van der Waals surface area contributed by atoms with Crippen molar-refractivity contribution in [2.24, 2.45) is 0 Å². The van der Waals surface area contributed by atoms with Crippen molar-refractivity contribution in [3.8, 4) is 0 Å². The lowest BCUT2D eigenvalue weighted by Crippen LogP contribution is -1.98. The van der Waals surface area contributed by atoms with Crippen LogP contribution in [0.15, 0.2) is 35.7 Å². The maximum absolute atomic E-state index is 10.9. The molecular formula is C13H11N3O2S. The van der Waals surface area contributed by atoms with Crippen LogP contribution in [0.3, 0.4) is 0 Å². The normalized spacial score (nSPS) is 10.7. The molecule has 0 saturated heterocycles. The first-order valence-corrected chi connectivity index (χ1v) is 6.59. The van der Waals surface area contributed by atoms with Crippen molar-refractivity contribution in [3.63, 3.8) is 0 Å². The number of hydrogen-bond donors (Lipinski definition) is 3. The van der Waals surface area contributed by atoms with Crippen LogP contribution < -0.4 is 5.32 Å². The molecule has 0 aliphatic heterocycles. The van der Waals surface area contributed by atoms with Gasteiger partial charge in [-0.1, -0.05) is 6.07 Å². The number of hydrogen-bond acceptors (Lipinski definition) is 4. The highest BCUT2D eigenvalue weighted by Crippen LogP contribution is 2.17. The number of rotatable bonds is 4. The van der Waals surface area contributed by atoms with E-state index in [0.717, 1.165) is 5.52 Å². The van der Waals surface area contributed by atoms with E-state index in [-0.39, 0.29) is 5.56 Å². The summed E-state index contributed by atoms with van der Waals surface area (Å²) in [4.78, 5) is 19.5. The first-order chi connectivity index (χ1) is 9.22. The van der Waals surface area contributed by atoms with E-state index in [1.807, 2.05) is 17.5 Å². The number of thiophene rings is 1. The van der Waals surface area contributed by atoms with Crippen molar-refractivity contribution >= 4 is 34.3 Å². The van der Waals surface area contributed by atoms with Crippen LogP contribution in [0.5, 0.6) is 0 Å². The highest BCUT2D eigenvalue weighted by Gasteiger charge is 2.07. The number of carbonyl (C=O) groups is 1. The Hall–Kier alpha value is -2.34. The molecule has 6 heteroatoms. The van der Waals surface area contributed by atoms with Gasteiger partial charge in [0.05, 0.1) is 23.1 Å². The Morgan fingerprint density at radius 3 is 3.05 bits per heavy atom. The zero-order valence-electron chi connectivity index (χ0n) is 9.88. The van der Waals surface area contributed by atoms with Gasteiger partial charge in [0, 0.05) is 4.88 Å². The monoisotopic (exact) mass is 273 g/mol. The maximum Gasteiger partial charge on any atom is 0.335 e. The number of nitrogens with zero attached hydrogens (tertiary/aromatic N) is 1. The number of H-pyrrole nitrogens is 1. The van der Waals surface area contributed by atoms with Crippen LogP contribution >= 0.6 is 11.3 Å². The molecule has 2 heterocycles. The van der Waals surface area contributed by atoms with E-state index in [1.54, 1.807) is 29.5 Å². The van der Waals surface area contributed by atoms with E-state index in [2.05, 4.69) is 15.3 Å². The van der Waals surface area contributed by atoms with Crippen molar-refractivity contribution in [3.05, 3.63) is 46.2 Å². The molecular weight excluding hydrogens is 262 g/mol. The summed E-state index contributed by atoms with van der Waals surface area (Å²) in [6.45, 7) is 0.698. The maximum atomic E-state index is 10.9. The summed E-state index contributed by atoms with van der Waals surface area (Å²) in [5.74, 6) is -0.296. The predicted molar refractivity (Wildman–Crippen MR) is 74.7 cm³/mol. The zero-order valence-corrected chi connectivity index (χ0v) is 10.7. The van der Waals surface area contributed by atoms with Crippen LogP contribution in [0.4, 0.5) is 5.95 Å². The Morgan fingerprint density at radius 1 is 1.42 bits per heavy atom. The molecule has 5 nitrogen and oxygen atoms in total. The van der Waals surface area contributed by atoms with Gasteiger partial charge in [0.1, 0.15) is 0 Å². The molecule has 3 rings (SSSR count). The minimum absolute atomic E-state index is 0.251. The molecule has 0 atom stereocenters. The standard InChI is InChI=1S/C13H11N3O2S/c17-12(18)8-3-4-10-11(6-8)16-13(15-10)14-7-9-2-1-5-19-9/h1-6H,7H2,(H,17,18)(H2,14,15,16). The highest BCUT2D eigenvalue weighted by molar-refractivity contribution is 7.09. The third kappa shape index (κ3) is 2.43. The van der Waals surface area contributed by atoms with Gasteiger partial charge in [-0.2, -0.15) is 0 Å². The molecule has 0 spiro atoms. The first-order valence-electron chi connectivity index (χ1n) is 5.72. The lowest BCUT2D eigenvalue weighted by atomic mass is 10.2. The summed E-state index contributed by atoms with van der Waals surface area (Å²) in [5, 5.41) is 14.1. The fourth-order valence-corrected chi connectivity index (χ4v) is 2.45. The molecule has 3 N–H and O–H groups in total. The second kappa shape index (κ2) is 4.74. The van der Waals surface area contributed by atoms with Gasteiger partial charge in [0.25, 0.3) is 0 Å². The number of anilines is 1. The SMILES string of the molecule is O=C(O)c1ccc2nc(NCc3cccs3)[nH]c2c1. The second-order valence-electron chi connectivity index (χ2n) is 4.06. The number of aromatic carboxylic acids is 1. The van der Waals surface area contributed by atoms with E-state index in [0.29, 0.717) is 18.0 Å². The summed E-state index contributed by atoms with van der Waals surface area (Å²) in [6, 6.07) is 8.88. The Morgan fingerprint density at radius 2 is 2.32 bits per heavy atom. The summed E-state index contributed by atoms with van der Waals surface area (Å²) in [7, 11) is 0. The minimum atomic E-state index is -0.940. The average Bonchev–Trinajstić information content (AvgIpc) is 3.04. The van der Waals surface area contributed by atoms with Gasteiger partial charge in [-0.15, -0.1) is 11.3 Å². The van der Waals surface area contributed by atoms with Gasteiger partial charge >= 0.3 is 5.97 Å². The van der Waals surface area contributed by atoms with Crippen molar-refractivity contribution in [2.75, 3.05) is 5.32 Å². The fourth-order valence-electron chi connectivity index (χ4n) is 1.81. The summed E-state index contributed by atoms with van der Waals surface area (Å²) >= 11 is 1.67. The summed E-state index contributed by atoms with van der Waals surface area (Å²) in [6.07, 6.45) is 0. The molecule has 0 saturated carbocycles.